The van der Waals surface area contributed by atoms with Gasteiger partial charge in [-0.25, -0.2) is 0 Å². The Labute approximate surface area is 438 Å². The van der Waals surface area contributed by atoms with Gasteiger partial charge in [-0.05, 0) is 90.0 Å². The fourth-order valence-electron chi connectivity index (χ4n) is 10.9. The second kappa shape index (κ2) is 26.6. The van der Waals surface area contributed by atoms with E-state index in [2.05, 4.69) is 38.4 Å². The van der Waals surface area contributed by atoms with Gasteiger partial charge in [0.05, 0.1) is 125 Å². The molecule has 16 heteroatoms. The smallest absolute Gasteiger partial charge is 0.306 e. The van der Waals surface area contributed by atoms with Gasteiger partial charge in [0, 0.05) is 55.6 Å². The number of rotatable bonds is 28. The zero-order valence-corrected chi connectivity index (χ0v) is 45.9. The average molecular weight is 1030 g/mol. The first-order chi connectivity index (χ1) is 35.7. The van der Waals surface area contributed by atoms with Crippen LogP contribution in [0, 0.1) is 0 Å². The summed E-state index contributed by atoms with van der Waals surface area (Å²) in [5, 5.41) is 0. The molecule has 4 aromatic rings. The van der Waals surface area contributed by atoms with Gasteiger partial charge in [0.1, 0.15) is 12.6 Å². The van der Waals surface area contributed by atoms with Crippen molar-refractivity contribution in [2.24, 2.45) is 0 Å². The molecule has 4 atom stereocenters. The Kier molecular flexibility index (Phi) is 20.4. The van der Waals surface area contributed by atoms with Crippen molar-refractivity contribution < 1.29 is 75.4 Å². The number of hydrogen-bond acceptors (Lipinski definition) is 14. The van der Waals surface area contributed by atoms with E-state index >= 15 is 0 Å². The lowest BCUT2D eigenvalue weighted by Gasteiger charge is -2.46. The van der Waals surface area contributed by atoms with E-state index < -0.39 is 0 Å². The van der Waals surface area contributed by atoms with Crippen molar-refractivity contribution in [1.82, 2.24) is 0 Å². The van der Waals surface area contributed by atoms with Crippen molar-refractivity contribution in [2.45, 2.75) is 76.3 Å². The number of benzene rings is 4. The van der Waals surface area contributed by atoms with Crippen LogP contribution < -0.4 is 47.4 Å². The molecule has 6 rings (SSSR count). The monoisotopic (exact) mass is 1030 g/mol. The average Bonchev–Trinajstić information content (AvgIpc) is 3.41. The molecule has 0 saturated carbocycles. The number of quaternary nitrogens is 2. The molecule has 4 aromatic carbocycles. The number of carbonyl (C=O) groups excluding carboxylic acids is 2. The zero-order valence-electron chi connectivity index (χ0n) is 45.9. The van der Waals surface area contributed by atoms with Gasteiger partial charge in [0.2, 0.25) is 11.5 Å². The largest absolute Gasteiger partial charge is 0.493 e. The van der Waals surface area contributed by atoms with Crippen LogP contribution >= 0.6 is 0 Å². The third-order valence-corrected chi connectivity index (χ3v) is 14.7. The Balaban J connectivity index is 0.951. The standard InChI is InChI=1S/C58H80N2O14/c1-59(37-42(44-35-49(65-5)48(64-4)34-43(44)38-59)27-39-29-51(67-7)57(71-11)52(30-39)68-8)22-17-25-73-55(61)19-15-13-14-16-20-56(62)74-26-18-23-60(2)24-21-41-33-47(63-3)50(66-6)36-45(41)46(60)28-40-31-53(69-9)58(72-12)54(32-40)70-10/h13-14,29-36,42,46H,15-28,37-38H2,1-12H3/q+2/b14-13+/t42-,46+,59?,60?/m1/s1. The molecule has 0 spiro atoms. The molecule has 16 nitrogen and oxygen atoms in total. The normalized spacial score (nSPS) is 18.9. The van der Waals surface area contributed by atoms with Gasteiger partial charge in [-0.1, -0.05) is 12.2 Å². The first-order valence-electron chi connectivity index (χ1n) is 25.4. The summed E-state index contributed by atoms with van der Waals surface area (Å²) in [6.07, 6.45) is 9.16. The van der Waals surface area contributed by atoms with Crippen molar-refractivity contribution in [1.29, 1.82) is 0 Å². The maximum atomic E-state index is 12.8. The minimum atomic E-state index is -0.244. The van der Waals surface area contributed by atoms with Crippen molar-refractivity contribution in [3.05, 3.63) is 94.1 Å². The molecule has 0 bridgehead atoms. The number of allylic oxidation sites excluding steroid dienone is 2. The van der Waals surface area contributed by atoms with E-state index in [1.54, 1.807) is 71.1 Å². The summed E-state index contributed by atoms with van der Waals surface area (Å²) in [4.78, 5) is 25.6. The van der Waals surface area contributed by atoms with E-state index in [1.807, 2.05) is 36.4 Å². The van der Waals surface area contributed by atoms with Crippen molar-refractivity contribution >= 4 is 11.9 Å². The van der Waals surface area contributed by atoms with E-state index in [0.717, 1.165) is 65.7 Å². The molecule has 404 valence electrons. The minimum absolute atomic E-state index is 0.0564. The topological polar surface area (TPSA) is 145 Å². The highest BCUT2D eigenvalue weighted by Gasteiger charge is 2.41. The quantitative estimate of drug-likeness (QED) is 0.0231. The number of fused-ring (bicyclic) bond motifs is 2. The lowest BCUT2D eigenvalue weighted by molar-refractivity contribution is -0.941. The summed E-state index contributed by atoms with van der Waals surface area (Å²) >= 11 is 0. The Morgan fingerprint density at radius 3 is 1.42 bits per heavy atom. The molecule has 0 fully saturated rings. The third kappa shape index (κ3) is 13.8. The molecular formula is C58H80N2O14+2. The summed E-state index contributed by atoms with van der Waals surface area (Å²) in [6.45, 7) is 4.83. The molecule has 2 unspecified atom stereocenters. The maximum absolute atomic E-state index is 12.8. The molecule has 0 radical (unpaired) electrons. The fourth-order valence-corrected chi connectivity index (χ4v) is 10.9. The minimum Gasteiger partial charge on any atom is -0.493 e. The van der Waals surface area contributed by atoms with Crippen LogP contribution in [0.4, 0.5) is 0 Å². The Bertz CT molecular complexity index is 2510. The molecule has 0 aliphatic carbocycles. The second-order valence-corrected chi connectivity index (χ2v) is 19.6. The van der Waals surface area contributed by atoms with Crippen molar-refractivity contribution in [3.8, 4) is 57.5 Å². The van der Waals surface area contributed by atoms with Crippen LogP contribution in [-0.2, 0) is 44.9 Å². The zero-order chi connectivity index (χ0) is 53.4. The van der Waals surface area contributed by atoms with Gasteiger partial charge in [-0.2, -0.15) is 0 Å². The van der Waals surface area contributed by atoms with Crippen LogP contribution in [0.25, 0.3) is 0 Å². The summed E-state index contributed by atoms with van der Waals surface area (Å²) in [5.74, 6) is 6.00. The molecule has 2 heterocycles. The van der Waals surface area contributed by atoms with Crippen LogP contribution in [-0.4, -0.2) is 145 Å². The van der Waals surface area contributed by atoms with E-state index in [0.29, 0.717) is 103 Å². The fraction of sp³-hybridized carbons (Fsp3) is 0.517. The van der Waals surface area contributed by atoms with E-state index in [-0.39, 0.29) is 36.7 Å². The summed E-state index contributed by atoms with van der Waals surface area (Å²) in [6, 6.07) is 16.5. The number of nitrogens with zero attached hydrogens (tertiary/aromatic N) is 2. The summed E-state index contributed by atoms with van der Waals surface area (Å²) < 4.78 is 69.7. The van der Waals surface area contributed by atoms with Gasteiger partial charge < -0.3 is 65.8 Å². The molecule has 2 aliphatic heterocycles. The Hall–Kier alpha value is -6.52. The number of ether oxygens (including phenoxy) is 12. The first-order valence-corrected chi connectivity index (χ1v) is 25.4. The van der Waals surface area contributed by atoms with Crippen molar-refractivity contribution in [2.75, 3.05) is 125 Å². The molecule has 0 aromatic heterocycles. The SMILES string of the molecule is COc1cc2c(cc1OC)[C@H](Cc1cc(OC)c(OC)c(OC)c1)C[N+](C)(CCCOC(=O)CC/C=C/CCC(=O)OCCC[N+]1(C)CCc3cc(OC)c(OC)cc3[C@@H]1Cc1cc(OC)c(OC)c(OC)c1)C2. The number of carbonyl (C=O) groups is 2. The predicted molar refractivity (Wildman–Crippen MR) is 282 cm³/mol. The van der Waals surface area contributed by atoms with Crippen LogP contribution in [0.15, 0.2) is 60.7 Å². The summed E-state index contributed by atoms with van der Waals surface area (Å²) in [5.41, 5.74) is 6.95. The predicted octanol–water partition coefficient (Wildman–Crippen LogP) is 9.03. The summed E-state index contributed by atoms with van der Waals surface area (Å²) in [7, 11) is 20.9. The van der Waals surface area contributed by atoms with Gasteiger partial charge in [-0.3, -0.25) is 9.59 Å². The Morgan fingerprint density at radius 1 is 0.514 bits per heavy atom. The molecule has 2 aliphatic rings. The third-order valence-electron chi connectivity index (χ3n) is 14.7. The lowest BCUT2D eigenvalue weighted by Crippen LogP contribution is -2.52. The number of esters is 2. The van der Waals surface area contributed by atoms with Crippen molar-refractivity contribution in [3.63, 3.8) is 0 Å². The van der Waals surface area contributed by atoms with E-state index in [4.69, 9.17) is 56.8 Å². The van der Waals surface area contributed by atoms with Gasteiger partial charge in [-0.15, -0.1) is 0 Å². The highest BCUT2D eigenvalue weighted by atomic mass is 16.6. The van der Waals surface area contributed by atoms with E-state index in [9.17, 15) is 9.59 Å². The lowest BCUT2D eigenvalue weighted by atomic mass is 9.83. The Morgan fingerprint density at radius 2 is 0.946 bits per heavy atom. The molecule has 74 heavy (non-hydrogen) atoms. The number of likely N-dealkylation sites (N-methyl/N-ethyl adjacent to an activating group) is 2. The maximum Gasteiger partial charge on any atom is 0.306 e. The highest BCUT2D eigenvalue weighted by Crippen LogP contribution is 2.46. The van der Waals surface area contributed by atoms with E-state index in [1.165, 1.54) is 22.3 Å². The highest BCUT2D eigenvalue weighted by molar-refractivity contribution is 5.70. The molecule has 0 saturated heterocycles. The number of methoxy groups -OCH3 is 10. The molecule has 0 amide bonds. The first kappa shape index (κ1) is 56.8. The van der Waals surface area contributed by atoms with Gasteiger partial charge in [0.15, 0.2) is 46.0 Å². The molecule has 0 N–H and O–H groups in total. The number of hydrogen-bond donors (Lipinski definition) is 0. The van der Waals surface area contributed by atoms with Crippen LogP contribution in [0.2, 0.25) is 0 Å². The van der Waals surface area contributed by atoms with Gasteiger partial charge in [0.25, 0.3) is 0 Å². The molecular weight excluding hydrogens is 949 g/mol. The van der Waals surface area contributed by atoms with Crippen LogP contribution in [0.3, 0.4) is 0 Å². The second-order valence-electron chi connectivity index (χ2n) is 19.6. The van der Waals surface area contributed by atoms with Gasteiger partial charge >= 0.3 is 11.9 Å². The van der Waals surface area contributed by atoms with Crippen LogP contribution in [0.1, 0.15) is 83.9 Å². The van der Waals surface area contributed by atoms with Crippen LogP contribution in [0.5, 0.6) is 57.5 Å².